The number of hydrogen-bond acceptors (Lipinski definition) is 5. The minimum atomic E-state index is -0.297. The van der Waals surface area contributed by atoms with E-state index in [2.05, 4.69) is 10.2 Å². The molecule has 2 aromatic rings. The molecule has 0 radical (unpaired) electrons. The summed E-state index contributed by atoms with van der Waals surface area (Å²) in [6.07, 6.45) is 6.10. The predicted molar refractivity (Wildman–Crippen MR) is 117 cm³/mol. The lowest BCUT2D eigenvalue weighted by Crippen LogP contribution is -2.50. The minimum Gasteiger partial charge on any atom is -0.370 e. The van der Waals surface area contributed by atoms with E-state index in [9.17, 15) is 9.59 Å². The Morgan fingerprint density at radius 1 is 1.09 bits per heavy atom. The van der Waals surface area contributed by atoms with Gasteiger partial charge in [0, 0.05) is 63.1 Å². The van der Waals surface area contributed by atoms with Gasteiger partial charge in [0.1, 0.15) is 0 Å². The molecule has 1 spiro atoms. The van der Waals surface area contributed by atoms with Gasteiger partial charge in [-0.1, -0.05) is 0 Å². The fourth-order valence-corrected chi connectivity index (χ4v) is 5.38. The van der Waals surface area contributed by atoms with Crippen molar-refractivity contribution in [2.75, 3.05) is 26.2 Å². The largest absolute Gasteiger partial charge is 0.370 e. The number of aryl methyl sites for hydroxylation is 2. The van der Waals surface area contributed by atoms with Crippen LogP contribution in [0.25, 0.3) is 0 Å². The zero-order valence-electron chi connectivity index (χ0n) is 19.3. The molecule has 3 aliphatic rings. The molecule has 0 bridgehead atoms. The maximum Gasteiger partial charge on any atom is 0.274 e. The standard InChI is InChI=1S/C23H32N6O3/c1-4-29-16(2)17(14-24-29)21(30)28-11-7-23(8-12-28)13-19-18(15-32-23)20(25-26(19)3)22(31)27-9-5-6-10-27/h14H,4-13,15H2,1-3H3. The lowest BCUT2D eigenvalue weighted by molar-refractivity contribution is -0.0990. The molecule has 0 atom stereocenters. The number of carbonyl (C=O) groups excluding carboxylic acids is 2. The van der Waals surface area contributed by atoms with Gasteiger partial charge in [-0.3, -0.25) is 19.0 Å². The van der Waals surface area contributed by atoms with Crippen LogP contribution in [0.5, 0.6) is 0 Å². The highest BCUT2D eigenvalue weighted by Gasteiger charge is 2.43. The maximum absolute atomic E-state index is 13.1. The molecule has 5 heterocycles. The summed E-state index contributed by atoms with van der Waals surface area (Å²) in [7, 11) is 1.92. The Labute approximate surface area is 188 Å². The van der Waals surface area contributed by atoms with Crippen molar-refractivity contribution in [3.05, 3.63) is 34.4 Å². The Balaban J connectivity index is 1.28. The predicted octanol–water partition coefficient (Wildman–Crippen LogP) is 1.93. The van der Waals surface area contributed by atoms with Crippen LogP contribution in [-0.2, 0) is 31.4 Å². The highest BCUT2D eigenvalue weighted by molar-refractivity contribution is 5.95. The molecular formula is C23H32N6O3. The zero-order valence-corrected chi connectivity index (χ0v) is 19.3. The van der Waals surface area contributed by atoms with Gasteiger partial charge in [0.05, 0.1) is 24.0 Å². The van der Waals surface area contributed by atoms with Gasteiger partial charge in [0.15, 0.2) is 5.69 Å². The van der Waals surface area contributed by atoms with Crippen molar-refractivity contribution in [2.24, 2.45) is 7.05 Å². The molecule has 5 rings (SSSR count). The fourth-order valence-electron chi connectivity index (χ4n) is 5.38. The van der Waals surface area contributed by atoms with Gasteiger partial charge in [0.2, 0.25) is 0 Å². The van der Waals surface area contributed by atoms with Crippen molar-refractivity contribution in [3.63, 3.8) is 0 Å². The van der Waals surface area contributed by atoms with Crippen LogP contribution in [0.3, 0.4) is 0 Å². The summed E-state index contributed by atoms with van der Waals surface area (Å²) < 4.78 is 10.1. The van der Waals surface area contributed by atoms with Crippen LogP contribution in [-0.4, -0.2) is 73.0 Å². The van der Waals surface area contributed by atoms with Crippen LogP contribution in [0.1, 0.15) is 70.4 Å². The molecular weight excluding hydrogens is 408 g/mol. The van der Waals surface area contributed by atoms with E-state index in [1.807, 2.05) is 40.1 Å². The first-order valence-corrected chi connectivity index (χ1v) is 11.7. The first-order chi connectivity index (χ1) is 15.4. The van der Waals surface area contributed by atoms with Crippen LogP contribution < -0.4 is 0 Å². The summed E-state index contributed by atoms with van der Waals surface area (Å²) in [5.74, 6) is 0.0786. The van der Waals surface area contributed by atoms with Gasteiger partial charge < -0.3 is 14.5 Å². The van der Waals surface area contributed by atoms with Crippen molar-refractivity contribution in [2.45, 2.75) is 64.7 Å². The molecule has 0 aromatic carbocycles. The van der Waals surface area contributed by atoms with Gasteiger partial charge in [-0.25, -0.2) is 0 Å². The monoisotopic (exact) mass is 440 g/mol. The van der Waals surface area contributed by atoms with Crippen molar-refractivity contribution < 1.29 is 14.3 Å². The molecule has 0 N–H and O–H groups in total. The summed E-state index contributed by atoms with van der Waals surface area (Å²) in [6.45, 7) is 8.08. The van der Waals surface area contributed by atoms with Gasteiger partial charge in [-0.2, -0.15) is 10.2 Å². The average molecular weight is 441 g/mol. The van der Waals surface area contributed by atoms with Crippen LogP contribution in [0.4, 0.5) is 0 Å². The number of fused-ring (bicyclic) bond motifs is 1. The molecule has 2 fully saturated rings. The molecule has 172 valence electrons. The SMILES string of the molecule is CCn1ncc(C(=O)N2CCC3(CC2)Cc2c(c(C(=O)N4CCCC4)nn2C)CO3)c1C. The third-order valence-corrected chi connectivity index (χ3v) is 7.48. The molecule has 0 saturated carbocycles. The lowest BCUT2D eigenvalue weighted by Gasteiger charge is -2.43. The van der Waals surface area contributed by atoms with Crippen molar-refractivity contribution in [1.82, 2.24) is 29.4 Å². The van der Waals surface area contributed by atoms with Gasteiger partial charge in [0.25, 0.3) is 11.8 Å². The summed E-state index contributed by atoms with van der Waals surface area (Å²) in [5.41, 5.74) is 3.89. The Morgan fingerprint density at radius 2 is 1.78 bits per heavy atom. The van der Waals surface area contributed by atoms with E-state index in [0.29, 0.717) is 31.0 Å². The van der Waals surface area contributed by atoms with Crippen LogP contribution in [0, 0.1) is 6.92 Å². The molecule has 2 aromatic heterocycles. The number of ether oxygens (including phenoxy) is 1. The van der Waals surface area contributed by atoms with E-state index in [1.54, 1.807) is 6.20 Å². The van der Waals surface area contributed by atoms with Crippen molar-refractivity contribution >= 4 is 11.8 Å². The summed E-state index contributed by atoms with van der Waals surface area (Å²) >= 11 is 0. The second-order valence-electron chi connectivity index (χ2n) is 9.30. The van der Waals surface area contributed by atoms with Crippen LogP contribution in [0.15, 0.2) is 6.20 Å². The van der Waals surface area contributed by atoms with E-state index in [0.717, 1.165) is 68.7 Å². The van der Waals surface area contributed by atoms with E-state index in [4.69, 9.17) is 4.74 Å². The summed E-state index contributed by atoms with van der Waals surface area (Å²) in [6, 6.07) is 0. The van der Waals surface area contributed by atoms with E-state index >= 15 is 0 Å². The van der Waals surface area contributed by atoms with E-state index in [-0.39, 0.29) is 17.4 Å². The average Bonchev–Trinajstić information content (AvgIpc) is 3.53. The molecule has 2 saturated heterocycles. The summed E-state index contributed by atoms with van der Waals surface area (Å²) in [5, 5.41) is 8.91. The minimum absolute atomic E-state index is 0.0299. The van der Waals surface area contributed by atoms with Gasteiger partial charge >= 0.3 is 0 Å². The smallest absolute Gasteiger partial charge is 0.274 e. The normalized spacial score (nSPS) is 20.1. The van der Waals surface area contributed by atoms with E-state index in [1.165, 1.54) is 0 Å². The second kappa shape index (κ2) is 8.03. The third kappa shape index (κ3) is 3.43. The van der Waals surface area contributed by atoms with Crippen LogP contribution in [0.2, 0.25) is 0 Å². The molecule has 9 heteroatoms. The van der Waals surface area contributed by atoms with Crippen molar-refractivity contribution in [1.29, 1.82) is 0 Å². The Morgan fingerprint density at radius 3 is 2.44 bits per heavy atom. The number of piperidine rings is 1. The topological polar surface area (TPSA) is 85.5 Å². The van der Waals surface area contributed by atoms with Crippen molar-refractivity contribution in [3.8, 4) is 0 Å². The lowest BCUT2D eigenvalue weighted by atomic mass is 9.83. The number of hydrogen-bond donors (Lipinski definition) is 0. The number of nitrogens with zero attached hydrogens (tertiary/aromatic N) is 6. The Bertz CT molecular complexity index is 1040. The number of likely N-dealkylation sites (tertiary alicyclic amines) is 2. The molecule has 0 aliphatic carbocycles. The van der Waals surface area contributed by atoms with Crippen LogP contribution >= 0.6 is 0 Å². The first-order valence-electron chi connectivity index (χ1n) is 11.7. The number of rotatable bonds is 3. The molecule has 0 unspecified atom stereocenters. The Kier molecular flexibility index (Phi) is 5.31. The zero-order chi connectivity index (χ0) is 22.5. The molecule has 2 amide bonds. The van der Waals surface area contributed by atoms with Gasteiger partial charge in [-0.15, -0.1) is 0 Å². The molecule has 9 nitrogen and oxygen atoms in total. The number of aromatic nitrogens is 4. The third-order valence-electron chi connectivity index (χ3n) is 7.48. The fraction of sp³-hybridized carbons (Fsp3) is 0.652. The highest BCUT2D eigenvalue weighted by Crippen LogP contribution is 2.38. The quantitative estimate of drug-likeness (QED) is 0.728. The van der Waals surface area contributed by atoms with Gasteiger partial charge in [-0.05, 0) is 39.5 Å². The number of amides is 2. The first kappa shape index (κ1) is 21.2. The second-order valence-corrected chi connectivity index (χ2v) is 9.30. The Hall–Kier alpha value is -2.68. The van der Waals surface area contributed by atoms with E-state index < -0.39 is 0 Å². The highest BCUT2D eigenvalue weighted by atomic mass is 16.5. The molecule has 32 heavy (non-hydrogen) atoms. The number of carbonyl (C=O) groups is 2. The maximum atomic E-state index is 13.1. The summed E-state index contributed by atoms with van der Waals surface area (Å²) in [4.78, 5) is 29.8. The molecule has 3 aliphatic heterocycles.